The van der Waals surface area contributed by atoms with Crippen LogP contribution in [0.1, 0.15) is 11.5 Å². The third kappa shape index (κ3) is 3.01. The summed E-state index contributed by atoms with van der Waals surface area (Å²) < 4.78 is 6.40. The second-order valence-corrected chi connectivity index (χ2v) is 5.12. The number of anilines is 1. The van der Waals surface area contributed by atoms with Crippen molar-refractivity contribution in [3.8, 4) is 0 Å². The highest BCUT2D eigenvalue weighted by molar-refractivity contribution is 9.10. The molecule has 5 heteroatoms. The fraction of sp³-hybridized carbons (Fsp3) is 0.250. The average Bonchev–Trinajstić information content (AvgIpc) is 2.63. The number of hydrogen-bond donors (Lipinski definition) is 0. The fourth-order valence-electron chi connectivity index (χ4n) is 1.57. The van der Waals surface area contributed by atoms with E-state index in [0.29, 0.717) is 11.6 Å². The van der Waals surface area contributed by atoms with Gasteiger partial charge in [0.1, 0.15) is 17.3 Å². The zero-order chi connectivity index (χ0) is 12.4. The lowest BCUT2D eigenvalue weighted by atomic mass is 10.4. The van der Waals surface area contributed by atoms with Crippen LogP contribution in [0.4, 0.5) is 5.82 Å². The van der Waals surface area contributed by atoms with Crippen LogP contribution >= 0.6 is 27.5 Å². The van der Waals surface area contributed by atoms with Gasteiger partial charge in [-0.3, -0.25) is 0 Å². The standard InChI is InChI=1S/C12H12BrClN2O/c1-8-3-4-10(17-8)7-16(2)12-11(13)5-9(14)6-15-12/h3-6H,7H2,1-2H3. The molecule has 2 rings (SSSR count). The first-order valence-corrected chi connectivity index (χ1v) is 6.31. The number of nitrogens with zero attached hydrogens (tertiary/aromatic N) is 2. The third-order valence-electron chi connectivity index (χ3n) is 2.34. The number of aryl methyl sites for hydroxylation is 1. The fourth-order valence-corrected chi connectivity index (χ4v) is 2.51. The summed E-state index contributed by atoms with van der Waals surface area (Å²) in [6, 6.07) is 5.75. The van der Waals surface area contributed by atoms with Gasteiger partial charge >= 0.3 is 0 Å². The molecule has 17 heavy (non-hydrogen) atoms. The van der Waals surface area contributed by atoms with E-state index in [1.165, 1.54) is 0 Å². The lowest BCUT2D eigenvalue weighted by Crippen LogP contribution is -2.17. The molecule has 0 atom stereocenters. The molecule has 0 bridgehead atoms. The van der Waals surface area contributed by atoms with Gasteiger partial charge in [-0.2, -0.15) is 0 Å². The summed E-state index contributed by atoms with van der Waals surface area (Å²) in [6.45, 7) is 2.60. The predicted molar refractivity (Wildman–Crippen MR) is 72.5 cm³/mol. The number of furan rings is 1. The van der Waals surface area contributed by atoms with Gasteiger partial charge in [0.05, 0.1) is 16.0 Å². The number of hydrogen-bond acceptors (Lipinski definition) is 3. The molecule has 0 amide bonds. The van der Waals surface area contributed by atoms with Crippen molar-refractivity contribution in [1.82, 2.24) is 4.98 Å². The van der Waals surface area contributed by atoms with Crippen LogP contribution in [0, 0.1) is 6.92 Å². The maximum Gasteiger partial charge on any atom is 0.143 e. The topological polar surface area (TPSA) is 29.3 Å². The van der Waals surface area contributed by atoms with E-state index in [0.717, 1.165) is 21.8 Å². The van der Waals surface area contributed by atoms with Crippen LogP contribution in [0.15, 0.2) is 33.3 Å². The van der Waals surface area contributed by atoms with Crippen LogP contribution in [-0.2, 0) is 6.54 Å². The number of halogens is 2. The van der Waals surface area contributed by atoms with Crippen molar-refractivity contribution < 1.29 is 4.42 Å². The van der Waals surface area contributed by atoms with Gasteiger partial charge in [0.15, 0.2) is 0 Å². The normalized spacial score (nSPS) is 10.6. The Balaban J connectivity index is 2.17. The van der Waals surface area contributed by atoms with E-state index >= 15 is 0 Å². The van der Waals surface area contributed by atoms with E-state index in [1.54, 1.807) is 6.20 Å². The molecule has 0 aliphatic rings. The van der Waals surface area contributed by atoms with Crippen molar-refractivity contribution in [2.24, 2.45) is 0 Å². The molecule has 2 heterocycles. The molecule has 0 radical (unpaired) electrons. The van der Waals surface area contributed by atoms with Gasteiger partial charge in [-0.05, 0) is 41.1 Å². The molecule has 0 saturated heterocycles. The minimum absolute atomic E-state index is 0.614. The van der Waals surface area contributed by atoms with Gasteiger partial charge in [0, 0.05) is 13.2 Å². The highest BCUT2D eigenvalue weighted by atomic mass is 79.9. The quantitative estimate of drug-likeness (QED) is 0.856. The number of aromatic nitrogens is 1. The summed E-state index contributed by atoms with van der Waals surface area (Å²) in [6.07, 6.45) is 1.63. The first-order chi connectivity index (χ1) is 8.06. The molecule has 90 valence electrons. The van der Waals surface area contributed by atoms with E-state index < -0.39 is 0 Å². The van der Waals surface area contributed by atoms with Gasteiger partial charge < -0.3 is 9.32 Å². The van der Waals surface area contributed by atoms with Gasteiger partial charge in [-0.1, -0.05) is 11.6 Å². The maximum atomic E-state index is 5.86. The molecule has 0 fully saturated rings. The highest BCUT2D eigenvalue weighted by Crippen LogP contribution is 2.26. The van der Waals surface area contributed by atoms with Crippen LogP contribution in [0.25, 0.3) is 0 Å². The third-order valence-corrected chi connectivity index (χ3v) is 3.13. The monoisotopic (exact) mass is 314 g/mol. The Bertz CT molecular complexity index is 527. The summed E-state index contributed by atoms with van der Waals surface area (Å²) in [5.74, 6) is 2.66. The Morgan fingerprint density at radius 2 is 2.24 bits per heavy atom. The van der Waals surface area contributed by atoms with Crippen molar-refractivity contribution in [3.63, 3.8) is 0 Å². The maximum absolute atomic E-state index is 5.86. The predicted octanol–water partition coefficient (Wildman–Crippen LogP) is 4.04. The largest absolute Gasteiger partial charge is 0.464 e. The van der Waals surface area contributed by atoms with Crippen molar-refractivity contribution in [1.29, 1.82) is 0 Å². The molecule has 0 spiro atoms. The minimum atomic E-state index is 0.614. The lowest BCUT2D eigenvalue weighted by Gasteiger charge is -2.18. The molecule has 0 aliphatic carbocycles. The minimum Gasteiger partial charge on any atom is -0.464 e. The van der Waals surface area contributed by atoms with Crippen LogP contribution < -0.4 is 4.90 Å². The van der Waals surface area contributed by atoms with Crippen molar-refractivity contribution in [2.75, 3.05) is 11.9 Å². The Kier molecular flexibility index (Phi) is 3.74. The number of pyridine rings is 1. The Hall–Kier alpha value is -1.000. The SMILES string of the molecule is Cc1ccc(CN(C)c2ncc(Cl)cc2Br)o1. The summed E-state index contributed by atoms with van der Waals surface area (Å²) >= 11 is 9.30. The summed E-state index contributed by atoms with van der Waals surface area (Å²) in [5.41, 5.74) is 0. The molecule has 0 unspecified atom stereocenters. The first-order valence-electron chi connectivity index (χ1n) is 5.14. The van der Waals surface area contributed by atoms with Crippen LogP contribution in [0.3, 0.4) is 0 Å². The molecule has 0 aromatic carbocycles. The van der Waals surface area contributed by atoms with Gasteiger partial charge in [0.2, 0.25) is 0 Å². The van der Waals surface area contributed by atoms with Gasteiger partial charge in [-0.25, -0.2) is 4.98 Å². The van der Waals surface area contributed by atoms with Crippen molar-refractivity contribution >= 4 is 33.3 Å². The molecular weight excluding hydrogens is 304 g/mol. The Labute approximate surface area is 114 Å². The van der Waals surface area contributed by atoms with Gasteiger partial charge in [0.25, 0.3) is 0 Å². The summed E-state index contributed by atoms with van der Waals surface area (Å²) in [5, 5.41) is 0.614. The van der Waals surface area contributed by atoms with Gasteiger partial charge in [-0.15, -0.1) is 0 Å². The molecule has 2 aromatic heterocycles. The summed E-state index contributed by atoms with van der Waals surface area (Å²) in [7, 11) is 1.96. The lowest BCUT2D eigenvalue weighted by molar-refractivity contribution is 0.481. The zero-order valence-corrected chi connectivity index (χ0v) is 11.9. The molecule has 0 N–H and O–H groups in total. The van der Waals surface area contributed by atoms with E-state index in [9.17, 15) is 0 Å². The van der Waals surface area contributed by atoms with Crippen LogP contribution in [0.2, 0.25) is 5.02 Å². The van der Waals surface area contributed by atoms with E-state index in [1.807, 2.05) is 37.1 Å². The van der Waals surface area contributed by atoms with E-state index in [-0.39, 0.29) is 0 Å². The molecule has 2 aromatic rings. The Morgan fingerprint density at radius 1 is 1.47 bits per heavy atom. The molecule has 0 aliphatic heterocycles. The summed E-state index contributed by atoms with van der Waals surface area (Å²) in [4.78, 5) is 6.28. The smallest absolute Gasteiger partial charge is 0.143 e. The zero-order valence-electron chi connectivity index (χ0n) is 9.58. The van der Waals surface area contributed by atoms with Crippen molar-refractivity contribution in [3.05, 3.63) is 45.4 Å². The number of rotatable bonds is 3. The Morgan fingerprint density at radius 3 is 2.82 bits per heavy atom. The van der Waals surface area contributed by atoms with E-state index in [2.05, 4.69) is 20.9 Å². The average molecular weight is 316 g/mol. The second kappa shape index (κ2) is 5.10. The van der Waals surface area contributed by atoms with Crippen molar-refractivity contribution in [2.45, 2.75) is 13.5 Å². The molecule has 3 nitrogen and oxygen atoms in total. The first kappa shape index (κ1) is 12.5. The molecular formula is C12H12BrClN2O. The highest BCUT2D eigenvalue weighted by Gasteiger charge is 2.10. The van der Waals surface area contributed by atoms with Crippen LogP contribution in [-0.4, -0.2) is 12.0 Å². The molecule has 0 saturated carbocycles. The second-order valence-electron chi connectivity index (χ2n) is 3.83. The van der Waals surface area contributed by atoms with E-state index in [4.69, 9.17) is 16.0 Å². The van der Waals surface area contributed by atoms with Crippen LogP contribution in [0.5, 0.6) is 0 Å².